The van der Waals surface area contributed by atoms with Crippen LogP contribution in [0, 0.1) is 0 Å². The molecular formula is C24H22Cl2N4O3. The van der Waals surface area contributed by atoms with Gasteiger partial charge in [-0.3, -0.25) is 0 Å². The van der Waals surface area contributed by atoms with E-state index in [1.54, 1.807) is 30.7 Å². The van der Waals surface area contributed by atoms with Crippen molar-refractivity contribution in [3.8, 4) is 11.4 Å². The van der Waals surface area contributed by atoms with E-state index in [1.807, 2.05) is 22.9 Å². The zero-order valence-corrected chi connectivity index (χ0v) is 19.4. The van der Waals surface area contributed by atoms with Crippen LogP contribution in [0.2, 0.25) is 10.0 Å². The Morgan fingerprint density at radius 3 is 2.52 bits per heavy atom. The fourth-order valence-electron chi connectivity index (χ4n) is 3.75. The van der Waals surface area contributed by atoms with Crippen LogP contribution in [0.15, 0.2) is 61.2 Å². The van der Waals surface area contributed by atoms with Crippen LogP contribution in [0.1, 0.15) is 23.2 Å². The van der Waals surface area contributed by atoms with Gasteiger partial charge in [0.1, 0.15) is 17.1 Å². The summed E-state index contributed by atoms with van der Waals surface area (Å²) < 4.78 is 6.81. The number of aromatic nitrogens is 3. The molecule has 1 aliphatic heterocycles. The van der Waals surface area contributed by atoms with Crippen molar-refractivity contribution in [3.05, 3.63) is 76.8 Å². The number of pyridine rings is 1. The minimum Gasteiger partial charge on any atom is -0.496 e. The topological polar surface area (TPSA) is 80.5 Å². The number of halogens is 2. The van der Waals surface area contributed by atoms with Crippen LogP contribution in [-0.2, 0) is 0 Å². The summed E-state index contributed by atoms with van der Waals surface area (Å²) in [6.45, 7) is 2.06. The lowest BCUT2D eigenvalue weighted by Gasteiger charge is -2.19. The second-order valence-electron chi connectivity index (χ2n) is 7.43. The van der Waals surface area contributed by atoms with Gasteiger partial charge in [0.2, 0.25) is 0 Å². The Kier molecular flexibility index (Phi) is 7.01. The molecule has 0 bridgehead atoms. The normalized spacial score (nSPS) is 13.0. The Bertz CT molecular complexity index is 1270. The third kappa shape index (κ3) is 4.89. The van der Waals surface area contributed by atoms with Crippen molar-refractivity contribution in [1.82, 2.24) is 14.5 Å². The first kappa shape index (κ1) is 22.9. The Labute approximate surface area is 201 Å². The molecule has 4 aromatic rings. The molecule has 1 saturated heterocycles. The Morgan fingerprint density at radius 2 is 1.88 bits per heavy atom. The fourth-order valence-corrected chi connectivity index (χ4v) is 4.11. The lowest BCUT2D eigenvalue weighted by atomic mass is 10.1. The molecule has 5 rings (SSSR count). The van der Waals surface area contributed by atoms with Crippen molar-refractivity contribution in [2.45, 2.75) is 12.8 Å². The summed E-state index contributed by atoms with van der Waals surface area (Å²) in [4.78, 5) is 21.7. The van der Waals surface area contributed by atoms with E-state index in [1.165, 1.54) is 26.0 Å². The number of benzene rings is 2. The largest absolute Gasteiger partial charge is 0.496 e. The molecule has 0 amide bonds. The monoisotopic (exact) mass is 484 g/mol. The minimum absolute atomic E-state index is 0.190. The van der Waals surface area contributed by atoms with E-state index in [-0.39, 0.29) is 5.56 Å². The van der Waals surface area contributed by atoms with Crippen molar-refractivity contribution in [2.75, 3.05) is 25.1 Å². The number of carboxylic acids is 1. The summed E-state index contributed by atoms with van der Waals surface area (Å²) >= 11 is 12.6. The van der Waals surface area contributed by atoms with E-state index < -0.39 is 5.97 Å². The molecule has 1 N–H and O–H groups in total. The predicted octanol–water partition coefficient (Wildman–Crippen LogP) is 5.72. The van der Waals surface area contributed by atoms with E-state index in [9.17, 15) is 4.79 Å². The minimum atomic E-state index is -0.970. The van der Waals surface area contributed by atoms with Gasteiger partial charge in [-0.25, -0.2) is 14.8 Å². The van der Waals surface area contributed by atoms with Crippen LogP contribution >= 0.6 is 23.2 Å². The standard InChI is InChI=1S/C16H14Cl2N4.C8H8O3/c17-12-4-3-11-13(22-8-5-19-10-22)9-14(20-16(11)15(12)18)21-6-1-2-7-21;1-11-7-5-3-2-4-6(7)8(9)10/h3-5,8-10H,1-2,6-7H2;2-5H,1H3,(H,9,10). The quantitative estimate of drug-likeness (QED) is 0.398. The van der Waals surface area contributed by atoms with Gasteiger partial charge in [0, 0.05) is 36.9 Å². The van der Waals surface area contributed by atoms with Crippen LogP contribution in [0.4, 0.5) is 5.82 Å². The summed E-state index contributed by atoms with van der Waals surface area (Å²) in [5.41, 5.74) is 1.94. The summed E-state index contributed by atoms with van der Waals surface area (Å²) in [7, 11) is 1.45. The van der Waals surface area contributed by atoms with Crippen LogP contribution in [-0.4, -0.2) is 45.8 Å². The van der Waals surface area contributed by atoms with E-state index in [0.717, 1.165) is 35.5 Å². The van der Waals surface area contributed by atoms with Gasteiger partial charge in [-0.05, 0) is 37.1 Å². The zero-order valence-electron chi connectivity index (χ0n) is 17.9. The molecule has 0 spiro atoms. The fraction of sp³-hybridized carbons (Fsp3) is 0.208. The maximum absolute atomic E-state index is 10.5. The van der Waals surface area contributed by atoms with Gasteiger partial charge >= 0.3 is 5.97 Å². The molecule has 170 valence electrons. The molecule has 0 aliphatic carbocycles. The van der Waals surface area contributed by atoms with Crippen molar-refractivity contribution >= 4 is 45.9 Å². The van der Waals surface area contributed by atoms with Crippen molar-refractivity contribution in [3.63, 3.8) is 0 Å². The van der Waals surface area contributed by atoms with E-state index in [4.69, 9.17) is 38.0 Å². The highest BCUT2D eigenvalue weighted by Gasteiger charge is 2.18. The highest BCUT2D eigenvalue weighted by molar-refractivity contribution is 6.45. The third-order valence-electron chi connectivity index (χ3n) is 5.39. The number of rotatable bonds is 4. The molecule has 33 heavy (non-hydrogen) atoms. The van der Waals surface area contributed by atoms with Gasteiger partial charge in [0.25, 0.3) is 0 Å². The van der Waals surface area contributed by atoms with Gasteiger partial charge in [-0.2, -0.15) is 0 Å². The van der Waals surface area contributed by atoms with Crippen molar-refractivity contribution in [2.24, 2.45) is 0 Å². The molecule has 3 heterocycles. The van der Waals surface area contributed by atoms with Gasteiger partial charge in [0.15, 0.2) is 0 Å². The molecule has 0 unspecified atom stereocenters. The number of methoxy groups -OCH3 is 1. The Hall–Kier alpha value is -3.29. The molecule has 9 heteroatoms. The number of anilines is 1. The van der Waals surface area contributed by atoms with E-state index >= 15 is 0 Å². The number of imidazole rings is 1. The SMILES string of the molecule is COc1ccccc1C(=O)O.Clc1ccc2c(-n3ccnc3)cc(N3CCCC3)nc2c1Cl. The number of para-hydroxylation sites is 1. The number of hydrogen-bond acceptors (Lipinski definition) is 5. The first-order chi connectivity index (χ1) is 16.0. The first-order valence-corrected chi connectivity index (χ1v) is 11.1. The lowest BCUT2D eigenvalue weighted by molar-refractivity contribution is 0.0693. The van der Waals surface area contributed by atoms with Crippen LogP contribution in [0.5, 0.6) is 5.75 Å². The number of aromatic carboxylic acids is 1. The molecule has 1 fully saturated rings. The average molecular weight is 485 g/mol. The third-order valence-corrected chi connectivity index (χ3v) is 6.18. The van der Waals surface area contributed by atoms with Crippen molar-refractivity contribution in [1.29, 1.82) is 0 Å². The summed E-state index contributed by atoms with van der Waals surface area (Å²) in [6.07, 6.45) is 7.86. The van der Waals surface area contributed by atoms with E-state index in [0.29, 0.717) is 15.8 Å². The summed E-state index contributed by atoms with van der Waals surface area (Å²) in [5, 5.41) is 10.6. The van der Waals surface area contributed by atoms with Gasteiger partial charge in [-0.1, -0.05) is 35.3 Å². The van der Waals surface area contributed by atoms with E-state index in [2.05, 4.69) is 16.0 Å². The number of carbonyl (C=O) groups is 1. The Morgan fingerprint density at radius 1 is 1.12 bits per heavy atom. The van der Waals surface area contributed by atoms with Crippen LogP contribution < -0.4 is 9.64 Å². The molecule has 2 aromatic carbocycles. The number of carboxylic acid groups (broad SMARTS) is 1. The molecule has 7 nitrogen and oxygen atoms in total. The maximum atomic E-state index is 10.5. The number of hydrogen-bond donors (Lipinski definition) is 1. The van der Waals surface area contributed by atoms with Gasteiger partial charge in [-0.15, -0.1) is 0 Å². The first-order valence-electron chi connectivity index (χ1n) is 10.4. The predicted molar refractivity (Wildman–Crippen MR) is 130 cm³/mol. The Balaban J connectivity index is 0.000000200. The summed E-state index contributed by atoms with van der Waals surface area (Å²) in [5.74, 6) is 0.361. The summed E-state index contributed by atoms with van der Waals surface area (Å²) in [6, 6.07) is 12.4. The van der Waals surface area contributed by atoms with Gasteiger partial charge in [0.05, 0.1) is 34.7 Å². The van der Waals surface area contributed by atoms with Crippen LogP contribution in [0.3, 0.4) is 0 Å². The van der Waals surface area contributed by atoms with Crippen molar-refractivity contribution < 1.29 is 14.6 Å². The second kappa shape index (κ2) is 10.1. The highest BCUT2D eigenvalue weighted by Crippen LogP contribution is 2.35. The number of fused-ring (bicyclic) bond motifs is 1. The average Bonchev–Trinajstić information content (AvgIpc) is 3.56. The number of ether oxygens (including phenoxy) is 1. The molecule has 0 radical (unpaired) electrons. The molecular weight excluding hydrogens is 463 g/mol. The molecule has 0 saturated carbocycles. The lowest BCUT2D eigenvalue weighted by Crippen LogP contribution is -2.19. The molecule has 0 atom stereocenters. The number of nitrogens with zero attached hydrogens (tertiary/aromatic N) is 4. The molecule has 2 aromatic heterocycles. The highest BCUT2D eigenvalue weighted by atomic mass is 35.5. The van der Waals surface area contributed by atoms with Gasteiger partial charge < -0.3 is 19.3 Å². The zero-order chi connectivity index (χ0) is 23.4. The second-order valence-corrected chi connectivity index (χ2v) is 8.21. The molecule has 1 aliphatic rings. The van der Waals surface area contributed by atoms with Crippen LogP contribution in [0.25, 0.3) is 16.6 Å². The maximum Gasteiger partial charge on any atom is 0.339 e. The smallest absolute Gasteiger partial charge is 0.339 e.